The molecular weight excluding hydrogens is 554 g/mol. The molecule has 4 aromatic rings. The van der Waals surface area contributed by atoms with Crippen LogP contribution in [0.3, 0.4) is 0 Å². The lowest BCUT2D eigenvalue weighted by Crippen LogP contribution is -2.41. The molecule has 39 heavy (non-hydrogen) atoms. The predicted molar refractivity (Wildman–Crippen MR) is 156 cm³/mol. The molecule has 2 aromatic heterocycles. The summed E-state index contributed by atoms with van der Waals surface area (Å²) in [6.45, 7) is 9.13. The average Bonchev–Trinajstić information content (AvgIpc) is 3.49. The Morgan fingerprint density at radius 1 is 1.13 bits per heavy atom. The Morgan fingerprint density at radius 2 is 1.87 bits per heavy atom. The van der Waals surface area contributed by atoms with E-state index in [1.54, 1.807) is 21.3 Å². The van der Waals surface area contributed by atoms with Crippen LogP contribution in [-0.4, -0.2) is 52.5 Å². The molecule has 206 valence electrons. The minimum absolute atomic E-state index is 0.0362. The Hall–Kier alpha value is -2.79. The van der Waals surface area contributed by atoms with Crippen LogP contribution < -0.4 is 4.90 Å². The standard InChI is InChI=1S/C28H32ClN5O3S2/c1-18-17-20(3)33(31-18)16-15-32(28-30-26-21(4)24(29)12-13-25(26)38-28)27(35)22-8-10-23(11-9-22)39(36,37)34-14-6-5-7-19(34)2/h8-13,17,19H,5-7,14-16H2,1-4H3. The van der Waals surface area contributed by atoms with Gasteiger partial charge in [-0.25, -0.2) is 13.4 Å². The van der Waals surface area contributed by atoms with E-state index in [4.69, 9.17) is 16.6 Å². The smallest absolute Gasteiger partial charge is 0.260 e. The summed E-state index contributed by atoms with van der Waals surface area (Å²) in [4.78, 5) is 20.5. The second-order valence-corrected chi connectivity index (χ2v) is 13.4. The van der Waals surface area contributed by atoms with Gasteiger partial charge in [-0.3, -0.25) is 14.4 Å². The predicted octanol–water partition coefficient (Wildman–Crippen LogP) is 5.98. The van der Waals surface area contributed by atoms with E-state index in [0.29, 0.717) is 35.4 Å². The van der Waals surface area contributed by atoms with Crippen molar-refractivity contribution >= 4 is 54.2 Å². The Bertz CT molecular complexity index is 1630. The molecule has 1 aliphatic heterocycles. The number of piperidine rings is 1. The monoisotopic (exact) mass is 585 g/mol. The Balaban J connectivity index is 1.46. The first-order valence-electron chi connectivity index (χ1n) is 13.1. The lowest BCUT2D eigenvalue weighted by atomic mass is 10.1. The van der Waals surface area contributed by atoms with E-state index in [-0.39, 0.29) is 16.8 Å². The van der Waals surface area contributed by atoms with E-state index in [0.717, 1.165) is 46.4 Å². The molecule has 0 saturated carbocycles. The summed E-state index contributed by atoms with van der Waals surface area (Å²) in [6, 6.07) is 12.0. The maximum atomic E-state index is 13.9. The van der Waals surface area contributed by atoms with Gasteiger partial charge in [-0.2, -0.15) is 9.40 Å². The van der Waals surface area contributed by atoms with Crippen LogP contribution in [0.5, 0.6) is 0 Å². The van der Waals surface area contributed by atoms with Crippen LogP contribution in [0.2, 0.25) is 5.02 Å². The molecule has 1 fully saturated rings. The van der Waals surface area contributed by atoms with Gasteiger partial charge in [0.2, 0.25) is 10.0 Å². The topological polar surface area (TPSA) is 88.4 Å². The number of hydrogen-bond acceptors (Lipinski definition) is 6. The van der Waals surface area contributed by atoms with Gasteiger partial charge in [0.15, 0.2) is 5.13 Å². The van der Waals surface area contributed by atoms with Crippen LogP contribution in [0.1, 0.15) is 53.5 Å². The number of thiazole rings is 1. The largest absolute Gasteiger partial charge is 0.282 e. The first kappa shape index (κ1) is 27.8. The van der Waals surface area contributed by atoms with E-state index in [9.17, 15) is 13.2 Å². The highest BCUT2D eigenvalue weighted by Crippen LogP contribution is 2.34. The highest BCUT2D eigenvalue weighted by atomic mass is 35.5. The number of amides is 1. The van der Waals surface area contributed by atoms with Gasteiger partial charge < -0.3 is 0 Å². The summed E-state index contributed by atoms with van der Waals surface area (Å²) >= 11 is 7.76. The fourth-order valence-electron chi connectivity index (χ4n) is 5.07. The SMILES string of the molecule is Cc1cc(C)n(CCN(C(=O)c2ccc(S(=O)(=O)N3CCCCC3C)cc2)c2nc3c(C)c(Cl)ccc3s2)n1. The molecular formula is C28H32ClN5O3S2. The van der Waals surface area contributed by atoms with Crippen molar-refractivity contribution in [3.8, 4) is 0 Å². The normalized spacial score (nSPS) is 16.6. The number of rotatable bonds is 7. The number of aromatic nitrogens is 3. The zero-order chi connectivity index (χ0) is 27.9. The molecule has 0 aliphatic carbocycles. The van der Waals surface area contributed by atoms with E-state index in [1.807, 2.05) is 50.6 Å². The fraction of sp³-hybridized carbons (Fsp3) is 0.393. The Kier molecular flexibility index (Phi) is 7.83. The summed E-state index contributed by atoms with van der Waals surface area (Å²) < 4.78 is 31.0. The number of halogens is 1. The number of anilines is 1. The van der Waals surface area contributed by atoms with Crippen molar-refractivity contribution in [3.63, 3.8) is 0 Å². The summed E-state index contributed by atoms with van der Waals surface area (Å²) in [5.74, 6) is -0.255. The fourth-order valence-corrected chi connectivity index (χ4v) is 7.98. The number of nitrogens with zero attached hydrogens (tertiary/aromatic N) is 5. The van der Waals surface area contributed by atoms with Gasteiger partial charge in [0, 0.05) is 35.4 Å². The molecule has 1 aliphatic rings. The van der Waals surface area contributed by atoms with Crippen molar-refractivity contribution in [2.24, 2.45) is 0 Å². The molecule has 2 aromatic carbocycles. The number of carbonyl (C=O) groups excluding carboxylic acids is 1. The molecule has 0 spiro atoms. The van der Waals surface area contributed by atoms with Gasteiger partial charge in [0.1, 0.15) is 0 Å². The molecule has 3 heterocycles. The minimum atomic E-state index is -3.63. The van der Waals surface area contributed by atoms with Crippen molar-refractivity contribution in [3.05, 3.63) is 70.0 Å². The summed E-state index contributed by atoms with van der Waals surface area (Å²) in [5, 5.41) is 5.72. The van der Waals surface area contributed by atoms with Crippen LogP contribution in [0.15, 0.2) is 47.4 Å². The van der Waals surface area contributed by atoms with E-state index in [2.05, 4.69) is 5.10 Å². The molecule has 5 rings (SSSR count). The van der Waals surface area contributed by atoms with Crippen LogP contribution in [0.25, 0.3) is 10.2 Å². The molecule has 1 saturated heterocycles. The highest BCUT2D eigenvalue weighted by molar-refractivity contribution is 7.89. The summed E-state index contributed by atoms with van der Waals surface area (Å²) in [6.07, 6.45) is 2.75. The Morgan fingerprint density at radius 3 is 2.54 bits per heavy atom. The molecule has 1 atom stereocenters. The third kappa shape index (κ3) is 5.48. The second kappa shape index (κ2) is 11.0. The second-order valence-electron chi connectivity index (χ2n) is 10.1. The maximum Gasteiger partial charge on any atom is 0.260 e. The molecule has 0 N–H and O–H groups in total. The van der Waals surface area contributed by atoms with Crippen molar-refractivity contribution in [1.29, 1.82) is 0 Å². The quantitative estimate of drug-likeness (QED) is 0.266. The number of hydrogen-bond donors (Lipinski definition) is 0. The van der Waals surface area contributed by atoms with Gasteiger partial charge in [0.05, 0.1) is 27.4 Å². The maximum absolute atomic E-state index is 13.9. The van der Waals surface area contributed by atoms with Gasteiger partial charge in [-0.05, 0) is 88.6 Å². The summed E-state index contributed by atoms with van der Waals surface area (Å²) in [7, 11) is -3.63. The van der Waals surface area contributed by atoms with Crippen LogP contribution in [-0.2, 0) is 16.6 Å². The van der Waals surface area contributed by atoms with E-state index < -0.39 is 10.0 Å². The first-order chi connectivity index (χ1) is 18.6. The van der Waals surface area contributed by atoms with Crippen molar-refractivity contribution < 1.29 is 13.2 Å². The lowest BCUT2D eigenvalue weighted by Gasteiger charge is -2.32. The van der Waals surface area contributed by atoms with Gasteiger partial charge in [0.25, 0.3) is 5.91 Å². The number of carbonyl (C=O) groups is 1. The number of fused-ring (bicyclic) bond motifs is 1. The highest BCUT2D eigenvalue weighted by Gasteiger charge is 2.31. The zero-order valence-electron chi connectivity index (χ0n) is 22.5. The summed E-state index contributed by atoms with van der Waals surface area (Å²) in [5.41, 5.74) is 3.94. The van der Waals surface area contributed by atoms with Crippen LogP contribution in [0, 0.1) is 20.8 Å². The molecule has 8 nitrogen and oxygen atoms in total. The molecule has 1 unspecified atom stereocenters. The zero-order valence-corrected chi connectivity index (χ0v) is 24.9. The first-order valence-corrected chi connectivity index (χ1v) is 15.7. The number of benzene rings is 2. The van der Waals surface area contributed by atoms with Gasteiger partial charge in [-0.1, -0.05) is 29.4 Å². The van der Waals surface area contributed by atoms with Crippen molar-refractivity contribution in [2.75, 3.05) is 18.0 Å². The van der Waals surface area contributed by atoms with Gasteiger partial charge in [-0.15, -0.1) is 0 Å². The number of sulfonamides is 1. The third-order valence-electron chi connectivity index (χ3n) is 7.30. The third-order valence-corrected chi connectivity index (χ3v) is 10.8. The minimum Gasteiger partial charge on any atom is -0.282 e. The van der Waals surface area contributed by atoms with Gasteiger partial charge >= 0.3 is 0 Å². The van der Waals surface area contributed by atoms with E-state index >= 15 is 0 Å². The van der Waals surface area contributed by atoms with Crippen molar-refractivity contribution in [1.82, 2.24) is 19.1 Å². The van der Waals surface area contributed by atoms with E-state index in [1.165, 1.54) is 23.5 Å². The molecule has 0 radical (unpaired) electrons. The molecule has 0 bridgehead atoms. The van der Waals surface area contributed by atoms with Crippen LogP contribution in [0.4, 0.5) is 5.13 Å². The lowest BCUT2D eigenvalue weighted by molar-refractivity contribution is 0.0985. The molecule has 11 heteroatoms. The Labute approximate surface area is 238 Å². The average molecular weight is 586 g/mol. The molecule has 1 amide bonds. The van der Waals surface area contributed by atoms with Crippen LogP contribution >= 0.6 is 22.9 Å². The van der Waals surface area contributed by atoms with Crippen molar-refractivity contribution in [2.45, 2.75) is 64.4 Å². The number of aryl methyl sites for hydroxylation is 3.